The molecule has 7 heteroatoms. The summed E-state index contributed by atoms with van der Waals surface area (Å²) in [4.78, 5) is 36.6. The summed E-state index contributed by atoms with van der Waals surface area (Å²) >= 11 is 0. The fourth-order valence-corrected chi connectivity index (χ4v) is 2.75. The fraction of sp³-hybridized carbons (Fsp3) is 0.609. The van der Waals surface area contributed by atoms with Crippen molar-refractivity contribution in [3.63, 3.8) is 0 Å². The van der Waals surface area contributed by atoms with Crippen molar-refractivity contribution >= 4 is 18.0 Å². The lowest BCUT2D eigenvalue weighted by atomic mass is 10.00. The minimum atomic E-state index is -0.599. The Morgan fingerprint density at radius 3 is 2.23 bits per heavy atom. The number of carbonyl (C=O) groups excluding carboxylic acids is 3. The van der Waals surface area contributed by atoms with Gasteiger partial charge in [0.05, 0.1) is 12.3 Å². The Balaban J connectivity index is 2.52. The van der Waals surface area contributed by atoms with Crippen molar-refractivity contribution < 1.29 is 23.9 Å². The van der Waals surface area contributed by atoms with Crippen LogP contribution in [0, 0.1) is 11.8 Å². The van der Waals surface area contributed by atoms with Crippen molar-refractivity contribution in [2.24, 2.45) is 11.8 Å². The second kappa shape index (κ2) is 12.2. The van der Waals surface area contributed by atoms with Crippen LogP contribution in [0.5, 0.6) is 0 Å². The van der Waals surface area contributed by atoms with Gasteiger partial charge in [0.15, 0.2) is 0 Å². The number of esters is 1. The van der Waals surface area contributed by atoms with Crippen LogP contribution in [-0.2, 0) is 25.7 Å². The summed E-state index contributed by atoms with van der Waals surface area (Å²) < 4.78 is 10.5. The Kier molecular flexibility index (Phi) is 10.4. The molecule has 0 aliphatic carbocycles. The third-order valence-corrected chi connectivity index (χ3v) is 4.16. The molecule has 0 bridgehead atoms. The van der Waals surface area contributed by atoms with Gasteiger partial charge >= 0.3 is 12.1 Å². The van der Waals surface area contributed by atoms with Gasteiger partial charge in [-0.15, -0.1) is 0 Å². The van der Waals surface area contributed by atoms with Crippen LogP contribution in [0.1, 0.15) is 59.9 Å². The van der Waals surface area contributed by atoms with Crippen molar-refractivity contribution in [1.82, 2.24) is 10.6 Å². The van der Waals surface area contributed by atoms with E-state index in [-0.39, 0.29) is 37.5 Å². The maximum atomic E-state index is 12.5. The molecule has 1 aromatic rings. The molecule has 168 valence electrons. The monoisotopic (exact) mass is 420 g/mol. The number of alkyl carbamates (subject to hydrolysis) is 1. The third kappa shape index (κ3) is 11.4. The lowest BCUT2D eigenvalue weighted by Gasteiger charge is -2.23. The van der Waals surface area contributed by atoms with Crippen LogP contribution < -0.4 is 10.6 Å². The molecule has 7 nitrogen and oxygen atoms in total. The molecule has 1 rings (SSSR count). The van der Waals surface area contributed by atoms with E-state index in [1.165, 1.54) is 0 Å². The molecule has 1 aromatic carbocycles. The van der Waals surface area contributed by atoms with Crippen molar-refractivity contribution in [3.8, 4) is 0 Å². The number of carbonyl (C=O) groups is 3. The van der Waals surface area contributed by atoms with Gasteiger partial charge in [-0.25, -0.2) is 4.79 Å². The van der Waals surface area contributed by atoms with Crippen LogP contribution in [0.15, 0.2) is 30.3 Å². The van der Waals surface area contributed by atoms with Crippen molar-refractivity contribution in [2.45, 2.75) is 72.6 Å². The van der Waals surface area contributed by atoms with Gasteiger partial charge in [0.1, 0.15) is 12.2 Å². The van der Waals surface area contributed by atoms with E-state index in [4.69, 9.17) is 9.47 Å². The summed E-state index contributed by atoms with van der Waals surface area (Å²) in [5.41, 5.74) is 0.315. The quantitative estimate of drug-likeness (QED) is 0.562. The summed E-state index contributed by atoms with van der Waals surface area (Å²) in [6.45, 7) is 11.4. The molecule has 0 heterocycles. The maximum absolute atomic E-state index is 12.5. The van der Waals surface area contributed by atoms with Gasteiger partial charge in [-0.1, -0.05) is 51.1 Å². The maximum Gasteiger partial charge on any atom is 0.407 e. The third-order valence-electron chi connectivity index (χ3n) is 4.16. The van der Waals surface area contributed by atoms with Gasteiger partial charge in [0.2, 0.25) is 5.91 Å². The number of ether oxygens (including phenoxy) is 2. The van der Waals surface area contributed by atoms with Gasteiger partial charge in [-0.05, 0) is 38.7 Å². The molecule has 0 aromatic heterocycles. The zero-order valence-corrected chi connectivity index (χ0v) is 19.0. The SMILES string of the molecule is CC(C)C[C@@H](CC(=O)OCc1ccccc1)NC(=O)[C@H](C)CNC(=O)OC(C)(C)C. The van der Waals surface area contributed by atoms with Gasteiger partial charge in [-0.3, -0.25) is 9.59 Å². The number of hydrogen-bond acceptors (Lipinski definition) is 5. The second-order valence-electron chi connectivity index (χ2n) is 8.97. The summed E-state index contributed by atoms with van der Waals surface area (Å²) in [6.07, 6.45) is 0.187. The largest absolute Gasteiger partial charge is 0.461 e. The minimum Gasteiger partial charge on any atom is -0.461 e. The molecule has 2 atom stereocenters. The zero-order chi connectivity index (χ0) is 22.7. The second-order valence-corrected chi connectivity index (χ2v) is 8.97. The van der Waals surface area contributed by atoms with Crippen molar-refractivity contribution in [2.75, 3.05) is 6.54 Å². The molecule has 0 saturated heterocycles. The van der Waals surface area contributed by atoms with Crippen LogP contribution in [-0.4, -0.2) is 36.2 Å². The Hall–Kier alpha value is -2.57. The highest BCUT2D eigenvalue weighted by Crippen LogP contribution is 2.12. The predicted molar refractivity (Wildman–Crippen MR) is 116 cm³/mol. The highest BCUT2D eigenvalue weighted by molar-refractivity contribution is 5.80. The first kappa shape index (κ1) is 25.5. The molecule has 30 heavy (non-hydrogen) atoms. The van der Waals surface area contributed by atoms with Crippen LogP contribution in [0.25, 0.3) is 0 Å². The first-order chi connectivity index (χ1) is 14.0. The van der Waals surface area contributed by atoms with E-state index in [1.807, 2.05) is 44.2 Å². The molecular formula is C23H36N2O5. The number of amides is 2. The minimum absolute atomic E-state index is 0.100. The van der Waals surface area contributed by atoms with Gasteiger partial charge in [0, 0.05) is 12.6 Å². The standard InChI is InChI=1S/C23H36N2O5/c1-16(2)12-19(13-20(26)29-15-18-10-8-7-9-11-18)25-21(27)17(3)14-24-22(28)30-23(4,5)6/h7-11,16-17,19H,12-15H2,1-6H3,(H,24,28)(H,25,27)/t17-,19+/m1/s1. The van der Waals surface area contributed by atoms with Crippen LogP contribution in [0.2, 0.25) is 0 Å². The first-order valence-electron chi connectivity index (χ1n) is 10.4. The van der Waals surface area contributed by atoms with Gasteiger partial charge in [-0.2, -0.15) is 0 Å². The Morgan fingerprint density at radius 2 is 1.67 bits per heavy atom. The molecule has 0 unspecified atom stereocenters. The van der Waals surface area contributed by atoms with E-state index in [1.54, 1.807) is 27.7 Å². The van der Waals surface area contributed by atoms with E-state index in [0.717, 1.165) is 5.56 Å². The molecule has 0 radical (unpaired) electrons. The summed E-state index contributed by atoms with van der Waals surface area (Å²) in [7, 11) is 0. The molecule has 0 aliphatic heterocycles. The highest BCUT2D eigenvalue weighted by atomic mass is 16.6. The Bertz CT molecular complexity index is 683. The average Bonchev–Trinajstić information content (AvgIpc) is 2.63. The van der Waals surface area contributed by atoms with Crippen LogP contribution >= 0.6 is 0 Å². The average molecular weight is 421 g/mol. The fourth-order valence-electron chi connectivity index (χ4n) is 2.75. The van der Waals surface area contributed by atoms with E-state index in [9.17, 15) is 14.4 Å². The molecule has 0 saturated carbocycles. The Morgan fingerprint density at radius 1 is 1.03 bits per heavy atom. The number of hydrogen-bond donors (Lipinski definition) is 2. The van der Waals surface area contributed by atoms with Gasteiger partial charge < -0.3 is 20.1 Å². The molecule has 0 aliphatic rings. The molecule has 0 fully saturated rings. The number of benzene rings is 1. The van der Waals surface area contributed by atoms with E-state index < -0.39 is 17.6 Å². The topological polar surface area (TPSA) is 93.7 Å². The van der Waals surface area contributed by atoms with Gasteiger partial charge in [0.25, 0.3) is 0 Å². The normalized spacial score (nSPS) is 13.3. The van der Waals surface area contributed by atoms with E-state index in [0.29, 0.717) is 12.3 Å². The number of rotatable bonds is 10. The first-order valence-corrected chi connectivity index (χ1v) is 10.4. The van der Waals surface area contributed by atoms with E-state index in [2.05, 4.69) is 10.6 Å². The lowest BCUT2D eigenvalue weighted by molar-refractivity contribution is -0.145. The smallest absolute Gasteiger partial charge is 0.407 e. The lowest BCUT2D eigenvalue weighted by Crippen LogP contribution is -2.44. The van der Waals surface area contributed by atoms with Crippen molar-refractivity contribution in [1.29, 1.82) is 0 Å². The van der Waals surface area contributed by atoms with Crippen LogP contribution in [0.4, 0.5) is 4.79 Å². The number of nitrogens with one attached hydrogen (secondary N) is 2. The Labute approximate surface area is 179 Å². The zero-order valence-electron chi connectivity index (χ0n) is 19.0. The molecule has 2 N–H and O–H groups in total. The van der Waals surface area contributed by atoms with E-state index >= 15 is 0 Å². The molecule has 2 amide bonds. The van der Waals surface area contributed by atoms with Crippen LogP contribution in [0.3, 0.4) is 0 Å². The molecular weight excluding hydrogens is 384 g/mol. The molecule has 0 spiro atoms. The highest BCUT2D eigenvalue weighted by Gasteiger charge is 2.23. The summed E-state index contributed by atoms with van der Waals surface area (Å²) in [5, 5.41) is 5.52. The van der Waals surface area contributed by atoms with Crippen molar-refractivity contribution in [3.05, 3.63) is 35.9 Å². The summed E-state index contributed by atoms with van der Waals surface area (Å²) in [6, 6.07) is 9.12. The summed E-state index contributed by atoms with van der Waals surface area (Å²) in [5.74, 6) is -0.753. The predicted octanol–water partition coefficient (Wildman–Crippen LogP) is 3.81.